The van der Waals surface area contributed by atoms with Crippen molar-refractivity contribution < 1.29 is 14.3 Å². The van der Waals surface area contributed by atoms with Crippen LogP contribution in [0.5, 0.6) is 5.75 Å². The quantitative estimate of drug-likeness (QED) is 0.333. The van der Waals surface area contributed by atoms with Crippen LogP contribution in [-0.2, 0) is 22.6 Å². The minimum Gasteiger partial charge on any atom is -0.484 e. The molecule has 0 radical (unpaired) electrons. The number of hydrogen-bond acceptors (Lipinski definition) is 3. The summed E-state index contributed by atoms with van der Waals surface area (Å²) in [4.78, 5) is 29.2. The van der Waals surface area contributed by atoms with Crippen LogP contribution in [0.15, 0.2) is 78.9 Å². The summed E-state index contributed by atoms with van der Waals surface area (Å²) in [5.41, 5.74) is 4.37. The number of hydrogen-bond donors (Lipinski definition) is 1. The van der Waals surface area contributed by atoms with Gasteiger partial charge in [0.15, 0.2) is 6.61 Å². The van der Waals surface area contributed by atoms with Gasteiger partial charge in [0.05, 0.1) is 0 Å². The molecule has 0 unspecified atom stereocenters. The molecule has 0 aliphatic heterocycles. The Kier molecular flexibility index (Phi) is 9.58. The first-order valence-electron chi connectivity index (χ1n) is 13.8. The average Bonchev–Trinajstić information content (AvgIpc) is 3.44. The van der Waals surface area contributed by atoms with Gasteiger partial charge in [-0.05, 0) is 54.5 Å². The Labute approximate surface area is 227 Å². The number of amides is 2. The number of carbonyl (C=O) groups excluding carboxylic acids is 2. The number of rotatable bonds is 11. The number of ether oxygens (including phenoxy) is 1. The largest absolute Gasteiger partial charge is 0.484 e. The van der Waals surface area contributed by atoms with E-state index in [1.165, 1.54) is 5.56 Å². The molecule has 4 rings (SSSR count). The lowest BCUT2D eigenvalue weighted by Crippen LogP contribution is -2.53. The van der Waals surface area contributed by atoms with Gasteiger partial charge in [0, 0.05) is 19.0 Å². The predicted molar refractivity (Wildman–Crippen MR) is 152 cm³/mol. The first-order chi connectivity index (χ1) is 18.4. The summed E-state index contributed by atoms with van der Waals surface area (Å²) in [6.45, 7) is 6.54. The molecule has 2 amide bonds. The summed E-state index contributed by atoms with van der Waals surface area (Å²) >= 11 is 0. The van der Waals surface area contributed by atoms with E-state index in [1.54, 1.807) is 4.90 Å². The maximum absolute atomic E-state index is 13.8. The first kappa shape index (κ1) is 27.4. The number of nitrogens with one attached hydrogen (secondary N) is 1. The second-order valence-electron chi connectivity index (χ2n) is 10.7. The van der Waals surface area contributed by atoms with E-state index in [9.17, 15) is 9.59 Å². The summed E-state index contributed by atoms with van der Waals surface area (Å²) in [6, 6.07) is 25.4. The molecule has 1 saturated carbocycles. The Morgan fingerprint density at radius 3 is 2.18 bits per heavy atom. The minimum absolute atomic E-state index is 0.0949. The lowest BCUT2D eigenvalue weighted by Gasteiger charge is -2.32. The fourth-order valence-electron chi connectivity index (χ4n) is 4.99. The first-order valence-corrected chi connectivity index (χ1v) is 13.8. The van der Waals surface area contributed by atoms with E-state index in [4.69, 9.17) is 4.74 Å². The van der Waals surface area contributed by atoms with E-state index in [1.807, 2.05) is 85.8 Å². The van der Waals surface area contributed by atoms with Gasteiger partial charge in [-0.25, -0.2) is 0 Å². The molecule has 3 aromatic rings. The van der Waals surface area contributed by atoms with Crippen molar-refractivity contribution in [3.63, 3.8) is 0 Å². The molecular weight excluding hydrogens is 472 g/mol. The van der Waals surface area contributed by atoms with Crippen LogP contribution in [0, 0.1) is 6.92 Å². The molecule has 0 spiro atoms. The maximum Gasteiger partial charge on any atom is 0.261 e. The van der Waals surface area contributed by atoms with Crippen molar-refractivity contribution in [3.05, 3.63) is 101 Å². The smallest absolute Gasteiger partial charge is 0.261 e. The summed E-state index contributed by atoms with van der Waals surface area (Å²) in [7, 11) is 0. The van der Waals surface area contributed by atoms with Gasteiger partial charge < -0.3 is 15.0 Å². The van der Waals surface area contributed by atoms with E-state index < -0.39 is 6.04 Å². The third-order valence-corrected chi connectivity index (χ3v) is 7.36. The zero-order valence-electron chi connectivity index (χ0n) is 22.9. The topological polar surface area (TPSA) is 58.6 Å². The number of aryl methyl sites for hydroxylation is 1. The van der Waals surface area contributed by atoms with Crippen molar-refractivity contribution in [1.82, 2.24) is 10.2 Å². The highest BCUT2D eigenvalue weighted by Crippen LogP contribution is 2.21. The Bertz CT molecular complexity index is 1170. The summed E-state index contributed by atoms with van der Waals surface area (Å²) in [5, 5.41) is 3.25. The van der Waals surface area contributed by atoms with Crippen molar-refractivity contribution in [2.45, 2.75) is 77.4 Å². The van der Waals surface area contributed by atoms with Gasteiger partial charge in [-0.1, -0.05) is 99.0 Å². The molecule has 0 saturated heterocycles. The Morgan fingerprint density at radius 2 is 1.55 bits per heavy atom. The average molecular weight is 513 g/mol. The molecule has 5 nitrogen and oxygen atoms in total. The molecule has 1 atom stereocenters. The molecule has 5 heteroatoms. The fourth-order valence-corrected chi connectivity index (χ4v) is 4.99. The minimum atomic E-state index is -0.640. The SMILES string of the molecule is Cc1ccc(CN(C(=O)COc2ccc(C(C)C)cc2)[C@H](Cc2ccccc2)C(=O)NC2CCCC2)cc1. The summed E-state index contributed by atoms with van der Waals surface area (Å²) in [6.07, 6.45) is 4.68. The zero-order chi connectivity index (χ0) is 26.9. The van der Waals surface area contributed by atoms with E-state index in [0.717, 1.165) is 42.4 Å². The van der Waals surface area contributed by atoms with Crippen LogP contribution in [0.1, 0.15) is 67.7 Å². The van der Waals surface area contributed by atoms with Crippen LogP contribution in [0.4, 0.5) is 0 Å². The summed E-state index contributed by atoms with van der Waals surface area (Å²) in [5.74, 6) is 0.768. The van der Waals surface area contributed by atoms with Gasteiger partial charge >= 0.3 is 0 Å². The number of carbonyl (C=O) groups is 2. The standard InChI is InChI=1S/C33H40N2O3/c1-24(2)28-17-19-30(20-18-28)38-23-32(36)35(22-27-15-13-25(3)14-16-27)31(21-26-9-5-4-6-10-26)33(37)34-29-11-7-8-12-29/h4-6,9-10,13-20,24,29,31H,7-8,11-12,21-23H2,1-3H3,(H,34,37)/t31-/m1/s1. The van der Waals surface area contributed by atoms with Crippen molar-refractivity contribution in [2.75, 3.05) is 6.61 Å². The Morgan fingerprint density at radius 1 is 0.895 bits per heavy atom. The van der Waals surface area contributed by atoms with Gasteiger partial charge in [0.2, 0.25) is 5.91 Å². The molecule has 0 aromatic heterocycles. The summed E-state index contributed by atoms with van der Waals surface area (Å²) < 4.78 is 5.93. The molecule has 1 aliphatic carbocycles. The second kappa shape index (κ2) is 13.3. The van der Waals surface area contributed by atoms with E-state index in [2.05, 4.69) is 19.2 Å². The molecule has 38 heavy (non-hydrogen) atoms. The third-order valence-electron chi connectivity index (χ3n) is 7.36. The monoisotopic (exact) mass is 512 g/mol. The van der Waals surface area contributed by atoms with Crippen molar-refractivity contribution in [3.8, 4) is 5.75 Å². The molecule has 3 aromatic carbocycles. The highest BCUT2D eigenvalue weighted by atomic mass is 16.5. The highest BCUT2D eigenvalue weighted by Gasteiger charge is 2.32. The van der Waals surface area contributed by atoms with Crippen molar-refractivity contribution in [1.29, 1.82) is 0 Å². The molecule has 1 aliphatic rings. The highest BCUT2D eigenvalue weighted by molar-refractivity contribution is 5.88. The number of nitrogens with zero attached hydrogens (tertiary/aromatic N) is 1. The van der Waals surface area contributed by atoms with Gasteiger partial charge in [-0.2, -0.15) is 0 Å². The van der Waals surface area contributed by atoms with E-state index >= 15 is 0 Å². The maximum atomic E-state index is 13.8. The van der Waals surface area contributed by atoms with Crippen LogP contribution in [0.2, 0.25) is 0 Å². The van der Waals surface area contributed by atoms with Crippen molar-refractivity contribution >= 4 is 11.8 Å². The van der Waals surface area contributed by atoms with E-state index in [0.29, 0.717) is 24.6 Å². The lowest BCUT2D eigenvalue weighted by atomic mass is 10.0. The van der Waals surface area contributed by atoms with Crippen LogP contribution in [0.3, 0.4) is 0 Å². The van der Waals surface area contributed by atoms with Gasteiger partial charge in [0.25, 0.3) is 5.91 Å². The van der Waals surface area contributed by atoms with Gasteiger partial charge in [-0.3, -0.25) is 9.59 Å². The third kappa shape index (κ3) is 7.70. The Balaban J connectivity index is 1.58. The van der Waals surface area contributed by atoms with Crippen LogP contribution in [0.25, 0.3) is 0 Å². The molecular formula is C33H40N2O3. The van der Waals surface area contributed by atoms with Crippen LogP contribution >= 0.6 is 0 Å². The second-order valence-corrected chi connectivity index (χ2v) is 10.7. The normalized spacial score (nSPS) is 14.3. The number of benzene rings is 3. The van der Waals surface area contributed by atoms with Crippen LogP contribution < -0.4 is 10.1 Å². The predicted octanol–water partition coefficient (Wildman–Crippen LogP) is 6.20. The zero-order valence-corrected chi connectivity index (χ0v) is 22.9. The molecule has 1 N–H and O–H groups in total. The van der Waals surface area contributed by atoms with Gasteiger partial charge in [0.1, 0.15) is 11.8 Å². The Hall–Kier alpha value is -3.60. The van der Waals surface area contributed by atoms with Crippen LogP contribution in [-0.4, -0.2) is 35.4 Å². The molecule has 1 fully saturated rings. The molecule has 0 bridgehead atoms. The van der Waals surface area contributed by atoms with Gasteiger partial charge in [-0.15, -0.1) is 0 Å². The van der Waals surface area contributed by atoms with Crippen molar-refractivity contribution in [2.24, 2.45) is 0 Å². The molecule has 0 heterocycles. The lowest BCUT2D eigenvalue weighted by molar-refractivity contribution is -0.143. The molecule has 200 valence electrons. The fraction of sp³-hybridized carbons (Fsp3) is 0.394. The van der Waals surface area contributed by atoms with E-state index in [-0.39, 0.29) is 24.5 Å².